The van der Waals surface area contributed by atoms with E-state index in [1.165, 1.54) is 0 Å². The van der Waals surface area contributed by atoms with E-state index in [1.54, 1.807) is 4.90 Å². The third-order valence-corrected chi connectivity index (χ3v) is 4.52. The van der Waals surface area contributed by atoms with Crippen molar-refractivity contribution in [3.05, 3.63) is 23.7 Å². The molecule has 1 unspecified atom stereocenters. The van der Waals surface area contributed by atoms with Crippen LogP contribution >= 0.6 is 0 Å². The Morgan fingerprint density at radius 1 is 1.56 bits per heavy atom. The number of aryl methyl sites for hydroxylation is 1. The van der Waals surface area contributed by atoms with Crippen molar-refractivity contribution in [2.45, 2.75) is 50.2 Å². The number of nitrogens with zero attached hydrogens (tertiary/aromatic N) is 1. The molecule has 18 heavy (non-hydrogen) atoms. The molecule has 2 saturated heterocycles. The highest BCUT2D eigenvalue weighted by atomic mass is 16.4. The Hall–Kier alpha value is -1.49. The van der Waals surface area contributed by atoms with Crippen molar-refractivity contribution in [1.82, 2.24) is 4.90 Å². The summed E-state index contributed by atoms with van der Waals surface area (Å²) in [6.07, 6.45) is 2.66. The fourth-order valence-corrected chi connectivity index (χ4v) is 3.66. The normalized spacial score (nSPS) is 31.9. The van der Waals surface area contributed by atoms with Crippen LogP contribution < -0.4 is 5.73 Å². The molecule has 3 N–H and O–H groups in total. The highest BCUT2D eigenvalue weighted by molar-refractivity contribution is 5.68. The predicted molar refractivity (Wildman–Crippen MR) is 65.2 cm³/mol. The molecule has 98 valence electrons. The molecule has 2 fully saturated rings. The zero-order valence-corrected chi connectivity index (χ0v) is 10.4. The van der Waals surface area contributed by atoms with Crippen LogP contribution in [-0.4, -0.2) is 27.7 Å². The van der Waals surface area contributed by atoms with Crippen LogP contribution in [0.25, 0.3) is 0 Å². The maximum Gasteiger partial charge on any atom is 0.408 e. The van der Waals surface area contributed by atoms with Crippen LogP contribution in [0.5, 0.6) is 0 Å². The van der Waals surface area contributed by atoms with Crippen LogP contribution in [0.1, 0.15) is 43.2 Å². The Morgan fingerprint density at radius 2 is 2.22 bits per heavy atom. The van der Waals surface area contributed by atoms with E-state index in [-0.39, 0.29) is 12.1 Å². The molecule has 0 aromatic carbocycles. The maximum absolute atomic E-state index is 11.4. The average molecular weight is 250 g/mol. The summed E-state index contributed by atoms with van der Waals surface area (Å²) in [5.41, 5.74) is 5.86. The van der Waals surface area contributed by atoms with Crippen molar-refractivity contribution in [1.29, 1.82) is 0 Å². The molecule has 3 heterocycles. The Balaban J connectivity index is 1.96. The third kappa shape index (κ3) is 1.40. The van der Waals surface area contributed by atoms with Crippen molar-refractivity contribution in [2.24, 2.45) is 5.73 Å². The number of rotatable bonds is 2. The highest BCUT2D eigenvalue weighted by Gasteiger charge is 2.58. The van der Waals surface area contributed by atoms with Crippen LogP contribution in [0, 0.1) is 6.92 Å². The van der Waals surface area contributed by atoms with Crippen molar-refractivity contribution in [2.75, 3.05) is 0 Å². The van der Waals surface area contributed by atoms with E-state index in [1.807, 2.05) is 19.1 Å². The molecule has 2 aliphatic heterocycles. The van der Waals surface area contributed by atoms with Crippen LogP contribution in [0.3, 0.4) is 0 Å². The van der Waals surface area contributed by atoms with Crippen LogP contribution in [0.2, 0.25) is 0 Å². The SMILES string of the molecule is Cc1ccc(C(N)C23CCC(CC2)N3C(=O)O)o1. The molecule has 1 aromatic rings. The van der Waals surface area contributed by atoms with Gasteiger partial charge in [-0.25, -0.2) is 4.79 Å². The number of hydrogen-bond acceptors (Lipinski definition) is 3. The lowest BCUT2D eigenvalue weighted by Crippen LogP contribution is -2.51. The van der Waals surface area contributed by atoms with Gasteiger partial charge in [0.1, 0.15) is 11.5 Å². The summed E-state index contributed by atoms with van der Waals surface area (Å²) in [7, 11) is 0. The summed E-state index contributed by atoms with van der Waals surface area (Å²) >= 11 is 0. The Kier molecular flexibility index (Phi) is 2.41. The lowest BCUT2D eigenvalue weighted by molar-refractivity contribution is 0.0909. The van der Waals surface area contributed by atoms with E-state index >= 15 is 0 Å². The summed E-state index contributed by atoms with van der Waals surface area (Å²) in [4.78, 5) is 13.0. The molecule has 0 saturated carbocycles. The molecule has 0 aliphatic carbocycles. The van der Waals surface area contributed by atoms with Crippen molar-refractivity contribution < 1.29 is 14.3 Å². The molecule has 5 nitrogen and oxygen atoms in total. The largest absolute Gasteiger partial charge is 0.465 e. The van der Waals surface area contributed by atoms with Gasteiger partial charge in [0, 0.05) is 6.04 Å². The first-order chi connectivity index (χ1) is 8.54. The molecule has 2 bridgehead atoms. The van der Waals surface area contributed by atoms with Gasteiger partial charge in [0.2, 0.25) is 0 Å². The first-order valence-corrected chi connectivity index (χ1v) is 6.39. The number of nitrogens with two attached hydrogens (primary N) is 1. The molecule has 0 spiro atoms. The lowest BCUT2D eigenvalue weighted by atomic mass is 9.81. The van der Waals surface area contributed by atoms with Gasteiger partial charge in [0.05, 0.1) is 11.6 Å². The third-order valence-electron chi connectivity index (χ3n) is 4.52. The molecule has 1 amide bonds. The average Bonchev–Trinajstić information content (AvgIpc) is 3.00. The van der Waals surface area contributed by atoms with Gasteiger partial charge in [-0.3, -0.25) is 4.90 Å². The molecule has 1 atom stereocenters. The highest BCUT2D eigenvalue weighted by Crippen LogP contribution is 2.51. The van der Waals surface area contributed by atoms with Gasteiger partial charge in [-0.2, -0.15) is 0 Å². The summed E-state index contributed by atoms with van der Waals surface area (Å²) in [5, 5.41) is 9.40. The van der Waals surface area contributed by atoms with E-state index in [4.69, 9.17) is 10.2 Å². The van der Waals surface area contributed by atoms with Gasteiger partial charge in [0.25, 0.3) is 0 Å². The van der Waals surface area contributed by atoms with E-state index in [9.17, 15) is 9.90 Å². The predicted octanol–water partition coefficient (Wildman–Crippen LogP) is 2.26. The van der Waals surface area contributed by atoms with Gasteiger partial charge in [0.15, 0.2) is 0 Å². The molecule has 2 aliphatic rings. The van der Waals surface area contributed by atoms with E-state index in [0.717, 1.165) is 31.4 Å². The van der Waals surface area contributed by atoms with Gasteiger partial charge >= 0.3 is 6.09 Å². The fourth-order valence-electron chi connectivity index (χ4n) is 3.66. The fraction of sp³-hybridized carbons (Fsp3) is 0.615. The second-order valence-electron chi connectivity index (χ2n) is 5.41. The van der Waals surface area contributed by atoms with E-state index in [2.05, 4.69) is 0 Å². The summed E-state index contributed by atoms with van der Waals surface area (Å²) in [6.45, 7) is 1.87. The Morgan fingerprint density at radius 3 is 2.72 bits per heavy atom. The second kappa shape index (κ2) is 3.75. The lowest BCUT2D eigenvalue weighted by Gasteiger charge is -2.37. The number of carboxylic acid groups (broad SMARTS) is 1. The van der Waals surface area contributed by atoms with Crippen LogP contribution in [-0.2, 0) is 0 Å². The zero-order chi connectivity index (χ0) is 12.9. The molecule has 3 rings (SSSR count). The van der Waals surface area contributed by atoms with Crippen LogP contribution in [0.15, 0.2) is 16.5 Å². The molecule has 1 aromatic heterocycles. The molecular weight excluding hydrogens is 232 g/mol. The quantitative estimate of drug-likeness (QED) is 0.843. The van der Waals surface area contributed by atoms with Crippen molar-refractivity contribution >= 4 is 6.09 Å². The van der Waals surface area contributed by atoms with Crippen LogP contribution in [0.4, 0.5) is 4.79 Å². The number of hydrogen-bond donors (Lipinski definition) is 2. The second-order valence-corrected chi connectivity index (χ2v) is 5.41. The minimum Gasteiger partial charge on any atom is -0.465 e. The number of carbonyl (C=O) groups is 1. The van der Waals surface area contributed by atoms with Gasteiger partial charge in [-0.15, -0.1) is 0 Å². The maximum atomic E-state index is 11.4. The Bertz CT molecular complexity index is 474. The van der Waals surface area contributed by atoms with E-state index < -0.39 is 11.6 Å². The minimum atomic E-state index is -0.853. The summed E-state index contributed by atoms with van der Waals surface area (Å²) < 4.78 is 5.59. The smallest absolute Gasteiger partial charge is 0.408 e. The van der Waals surface area contributed by atoms with Crippen molar-refractivity contribution in [3.8, 4) is 0 Å². The van der Waals surface area contributed by atoms with Gasteiger partial charge < -0.3 is 15.3 Å². The number of fused-ring (bicyclic) bond motifs is 2. The Labute approximate surface area is 106 Å². The zero-order valence-electron chi connectivity index (χ0n) is 10.4. The first kappa shape index (κ1) is 11.6. The topological polar surface area (TPSA) is 79.7 Å². The van der Waals surface area contributed by atoms with E-state index in [0.29, 0.717) is 5.76 Å². The molecular formula is C13H18N2O3. The number of amides is 1. The summed E-state index contributed by atoms with van der Waals surface area (Å²) in [5.74, 6) is 1.51. The monoisotopic (exact) mass is 250 g/mol. The molecule has 5 heteroatoms. The van der Waals surface area contributed by atoms with Gasteiger partial charge in [-0.05, 0) is 44.7 Å². The minimum absolute atomic E-state index is 0.143. The van der Waals surface area contributed by atoms with Crippen molar-refractivity contribution in [3.63, 3.8) is 0 Å². The first-order valence-electron chi connectivity index (χ1n) is 6.39. The van der Waals surface area contributed by atoms with Gasteiger partial charge in [-0.1, -0.05) is 0 Å². The number of furan rings is 1. The summed E-state index contributed by atoms with van der Waals surface area (Å²) in [6, 6.07) is 3.51. The molecule has 0 radical (unpaired) electrons. The standard InChI is InChI=1S/C13H18N2O3/c1-8-2-3-10(18-8)11(14)13-6-4-9(5-7-13)15(13)12(16)17/h2-3,9,11H,4-7,14H2,1H3,(H,16,17).